The minimum Gasteiger partial charge on any atom is -0.423 e. The van der Waals surface area contributed by atoms with Crippen LogP contribution in [0.25, 0.3) is 10.8 Å². The van der Waals surface area contributed by atoms with Gasteiger partial charge in [-0.1, -0.05) is 48.5 Å². The van der Waals surface area contributed by atoms with E-state index in [9.17, 15) is 13.2 Å². The zero-order chi connectivity index (χ0) is 22.1. The van der Waals surface area contributed by atoms with Crippen LogP contribution in [0.4, 0.5) is 5.69 Å². The van der Waals surface area contributed by atoms with Crippen LogP contribution < -0.4 is 9.04 Å². The Labute approximate surface area is 186 Å². The number of nitrogens with zero attached hydrogens (tertiary/aromatic N) is 1. The summed E-state index contributed by atoms with van der Waals surface area (Å²) in [5, 5.41) is 2.03. The molecule has 0 radical (unpaired) electrons. The Balaban J connectivity index is 1.37. The highest BCUT2D eigenvalue weighted by atomic mass is 32.2. The molecule has 4 aromatic rings. The molecule has 1 heterocycles. The maximum atomic E-state index is 13.3. The maximum Gasteiger partial charge on any atom is 0.343 e. The minimum atomic E-state index is -3.72. The van der Waals surface area contributed by atoms with E-state index in [4.69, 9.17) is 4.74 Å². The largest absolute Gasteiger partial charge is 0.423 e. The normalized spacial score (nSPS) is 13.6. The molecular weight excluding hydrogens is 422 g/mol. The molecule has 0 spiro atoms. The average molecular weight is 444 g/mol. The highest BCUT2D eigenvalue weighted by molar-refractivity contribution is 7.92. The molecule has 0 N–H and O–H groups in total. The molecule has 160 valence electrons. The van der Waals surface area contributed by atoms with Crippen molar-refractivity contribution in [2.75, 3.05) is 10.8 Å². The summed E-state index contributed by atoms with van der Waals surface area (Å²) in [5.74, 6) is -0.0946. The van der Waals surface area contributed by atoms with Gasteiger partial charge in [-0.05, 0) is 71.6 Å². The molecule has 1 aliphatic heterocycles. The Bertz CT molecular complexity index is 1410. The second kappa shape index (κ2) is 8.13. The summed E-state index contributed by atoms with van der Waals surface area (Å²) in [6.07, 6.45) is 1.63. The number of anilines is 1. The van der Waals surface area contributed by atoms with Gasteiger partial charge in [0.25, 0.3) is 10.0 Å². The fourth-order valence-corrected chi connectivity index (χ4v) is 5.58. The van der Waals surface area contributed by atoms with Gasteiger partial charge in [-0.3, -0.25) is 4.31 Å². The quantitative estimate of drug-likeness (QED) is 0.321. The summed E-state index contributed by atoms with van der Waals surface area (Å²) in [4.78, 5) is 12.7. The monoisotopic (exact) mass is 443 g/mol. The van der Waals surface area contributed by atoms with Crippen molar-refractivity contribution >= 4 is 32.5 Å². The van der Waals surface area contributed by atoms with Crippen LogP contribution >= 0.6 is 0 Å². The van der Waals surface area contributed by atoms with Crippen LogP contribution in [0.5, 0.6) is 5.75 Å². The van der Waals surface area contributed by atoms with E-state index < -0.39 is 16.0 Å². The smallest absolute Gasteiger partial charge is 0.343 e. The van der Waals surface area contributed by atoms with Gasteiger partial charge in [0, 0.05) is 6.54 Å². The van der Waals surface area contributed by atoms with Crippen LogP contribution in [0.1, 0.15) is 22.3 Å². The maximum absolute atomic E-state index is 13.3. The molecule has 0 aromatic heterocycles. The van der Waals surface area contributed by atoms with E-state index in [1.54, 1.807) is 12.1 Å². The second-order valence-electron chi connectivity index (χ2n) is 7.73. The molecule has 0 unspecified atom stereocenters. The first-order chi connectivity index (χ1) is 15.5. The predicted octanol–water partition coefficient (Wildman–Crippen LogP) is 5.20. The predicted molar refractivity (Wildman–Crippen MR) is 125 cm³/mol. The van der Waals surface area contributed by atoms with Gasteiger partial charge >= 0.3 is 5.97 Å². The Hall–Kier alpha value is -3.64. The molecule has 0 saturated heterocycles. The van der Waals surface area contributed by atoms with Crippen molar-refractivity contribution in [2.24, 2.45) is 0 Å². The zero-order valence-corrected chi connectivity index (χ0v) is 18.1. The third kappa shape index (κ3) is 3.74. The molecule has 0 bridgehead atoms. The summed E-state index contributed by atoms with van der Waals surface area (Å²) in [5.41, 5.74) is 2.03. The van der Waals surface area contributed by atoms with Gasteiger partial charge in [0.15, 0.2) is 0 Å². The van der Waals surface area contributed by atoms with Crippen molar-refractivity contribution in [3.05, 3.63) is 102 Å². The van der Waals surface area contributed by atoms with Crippen molar-refractivity contribution in [1.82, 2.24) is 0 Å². The molecule has 0 amide bonds. The summed E-state index contributed by atoms with van der Waals surface area (Å²) >= 11 is 0. The average Bonchev–Trinajstić information content (AvgIpc) is 2.83. The molecule has 6 heteroatoms. The minimum absolute atomic E-state index is 0.149. The van der Waals surface area contributed by atoms with Crippen molar-refractivity contribution in [3.63, 3.8) is 0 Å². The Morgan fingerprint density at radius 3 is 2.34 bits per heavy atom. The van der Waals surface area contributed by atoms with Crippen molar-refractivity contribution in [1.29, 1.82) is 0 Å². The van der Waals surface area contributed by atoms with E-state index >= 15 is 0 Å². The van der Waals surface area contributed by atoms with Crippen LogP contribution in [0.3, 0.4) is 0 Å². The molecule has 5 nitrogen and oxygen atoms in total. The van der Waals surface area contributed by atoms with Crippen LogP contribution in [0.15, 0.2) is 95.9 Å². The number of ether oxygens (including phenoxy) is 1. The van der Waals surface area contributed by atoms with E-state index in [0.717, 1.165) is 34.9 Å². The molecule has 1 aliphatic rings. The van der Waals surface area contributed by atoms with E-state index in [0.29, 0.717) is 12.3 Å². The van der Waals surface area contributed by atoms with E-state index in [-0.39, 0.29) is 10.5 Å². The van der Waals surface area contributed by atoms with Gasteiger partial charge in [0.2, 0.25) is 0 Å². The highest BCUT2D eigenvalue weighted by Crippen LogP contribution is 2.32. The SMILES string of the molecule is O=C(Oc1ccc2ccccc2c1)c1ccc(S(=O)(=O)N2CCCc3ccccc32)cc1. The number of hydrogen-bond acceptors (Lipinski definition) is 4. The lowest BCUT2D eigenvalue weighted by atomic mass is 10.0. The molecule has 32 heavy (non-hydrogen) atoms. The van der Waals surface area contributed by atoms with Crippen LogP contribution in [0, 0.1) is 0 Å². The first kappa shape index (κ1) is 20.3. The van der Waals surface area contributed by atoms with E-state index in [1.165, 1.54) is 28.6 Å². The molecule has 0 aliphatic carbocycles. The Kier molecular flexibility index (Phi) is 5.15. The van der Waals surface area contributed by atoms with Crippen molar-refractivity contribution < 1.29 is 17.9 Å². The number of para-hydroxylation sites is 1. The third-order valence-electron chi connectivity index (χ3n) is 5.68. The lowest BCUT2D eigenvalue weighted by Crippen LogP contribution is -2.35. The number of hydrogen-bond donors (Lipinski definition) is 0. The number of benzene rings is 4. The number of rotatable bonds is 4. The molecule has 0 atom stereocenters. The first-order valence-electron chi connectivity index (χ1n) is 10.4. The van der Waals surface area contributed by atoms with Crippen molar-refractivity contribution in [3.8, 4) is 5.75 Å². The van der Waals surface area contributed by atoms with E-state index in [2.05, 4.69) is 0 Å². The summed E-state index contributed by atoms with van der Waals surface area (Å²) in [6.45, 7) is 0.436. The van der Waals surface area contributed by atoms with Gasteiger partial charge in [-0.25, -0.2) is 13.2 Å². The van der Waals surface area contributed by atoms with Crippen LogP contribution in [-0.4, -0.2) is 20.9 Å². The molecule has 0 saturated carbocycles. The van der Waals surface area contributed by atoms with Gasteiger partial charge in [0.1, 0.15) is 5.75 Å². The van der Waals surface area contributed by atoms with E-state index in [1.807, 2.05) is 54.6 Å². The number of aryl methyl sites for hydroxylation is 1. The summed E-state index contributed by atoms with van der Waals surface area (Å²) in [6, 6.07) is 26.7. The van der Waals surface area contributed by atoms with Gasteiger partial charge in [-0.15, -0.1) is 0 Å². The summed E-state index contributed by atoms with van der Waals surface area (Å²) < 4.78 is 33.5. The van der Waals surface area contributed by atoms with Gasteiger partial charge in [-0.2, -0.15) is 0 Å². The zero-order valence-electron chi connectivity index (χ0n) is 17.3. The number of carbonyl (C=O) groups is 1. The van der Waals surface area contributed by atoms with Crippen LogP contribution in [0.2, 0.25) is 0 Å². The lowest BCUT2D eigenvalue weighted by Gasteiger charge is -2.30. The van der Waals surface area contributed by atoms with Crippen LogP contribution in [-0.2, 0) is 16.4 Å². The lowest BCUT2D eigenvalue weighted by molar-refractivity contribution is 0.0735. The number of sulfonamides is 1. The van der Waals surface area contributed by atoms with Crippen molar-refractivity contribution in [2.45, 2.75) is 17.7 Å². The summed E-state index contributed by atoms with van der Waals surface area (Å²) in [7, 11) is -3.72. The third-order valence-corrected chi connectivity index (χ3v) is 7.50. The molecule has 5 rings (SSSR count). The number of fused-ring (bicyclic) bond motifs is 2. The number of carbonyl (C=O) groups excluding carboxylic acids is 1. The topological polar surface area (TPSA) is 63.7 Å². The van der Waals surface area contributed by atoms with Gasteiger partial charge in [0.05, 0.1) is 16.1 Å². The standard InChI is InChI=1S/C26H21NO4S/c28-26(31-23-14-11-19-6-1-2-8-22(19)18-23)21-12-15-24(16-13-21)32(29,30)27-17-5-9-20-7-3-4-10-25(20)27/h1-4,6-8,10-16,18H,5,9,17H2. The van der Waals surface area contributed by atoms with Gasteiger partial charge < -0.3 is 4.74 Å². The molecule has 4 aromatic carbocycles. The Morgan fingerprint density at radius 1 is 0.812 bits per heavy atom. The highest BCUT2D eigenvalue weighted by Gasteiger charge is 2.29. The first-order valence-corrected chi connectivity index (χ1v) is 11.9. The molecule has 0 fully saturated rings. The Morgan fingerprint density at radius 2 is 1.53 bits per heavy atom. The second-order valence-corrected chi connectivity index (χ2v) is 9.59. The fraction of sp³-hybridized carbons (Fsp3) is 0.115. The number of esters is 1. The fourth-order valence-electron chi connectivity index (χ4n) is 4.04. The molecular formula is C26H21NO4S.